The molecule has 0 saturated carbocycles. The molecule has 19 heavy (non-hydrogen) atoms. The van der Waals surface area contributed by atoms with Crippen LogP contribution in [0.5, 0.6) is 0 Å². The molecule has 2 N–H and O–H groups in total. The maximum Gasteiger partial charge on any atom is 0.418 e. The molecule has 0 aliphatic carbocycles. The minimum absolute atomic E-state index is 0.0303. The van der Waals surface area contributed by atoms with Gasteiger partial charge in [-0.1, -0.05) is 13.8 Å². The van der Waals surface area contributed by atoms with E-state index in [0.717, 1.165) is 12.3 Å². The Hall–Kier alpha value is -1.63. The van der Waals surface area contributed by atoms with Crippen molar-refractivity contribution in [2.45, 2.75) is 32.4 Å². The number of anilines is 1. The lowest BCUT2D eigenvalue weighted by atomic mass is 9.86. The largest absolute Gasteiger partial charge is 0.418 e. The number of aliphatic hydroxyl groups excluding tert-OH is 1. The van der Waals surface area contributed by atoms with Crippen LogP contribution >= 0.6 is 0 Å². The molecule has 0 aliphatic heterocycles. The summed E-state index contributed by atoms with van der Waals surface area (Å²) in [5.41, 5.74) is -2.37. The fourth-order valence-corrected chi connectivity index (χ4v) is 1.57. The average molecular weight is 276 g/mol. The first-order valence-electron chi connectivity index (χ1n) is 5.54. The van der Waals surface area contributed by atoms with Gasteiger partial charge in [-0.05, 0) is 6.07 Å². The molecule has 7 heteroatoms. The molecule has 1 amide bonds. The molecular weight excluding hydrogens is 261 g/mol. The van der Waals surface area contributed by atoms with Crippen molar-refractivity contribution >= 4 is 11.6 Å². The Morgan fingerprint density at radius 1 is 1.42 bits per heavy atom. The lowest BCUT2D eigenvalue weighted by Gasteiger charge is -2.25. The normalized spacial score (nSPS) is 12.4. The highest BCUT2D eigenvalue weighted by Crippen LogP contribution is 2.37. The molecule has 0 aromatic carbocycles. The summed E-state index contributed by atoms with van der Waals surface area (Å²) in [5, 5.41) is 11.4. The topological polar surface area (TPSA) is 62.2 Å². The van der Waals surface area contributed by atoms with Crippen LogP contribution in [0.1, 0.15) is 32.0 Å². The average Bonchev–Trinajstić information content (AvgIpc) is 2.26. The summed E-state index contributed by atoms with van der Waals surface area (Å²) in [6.45, 7) is 3.65. The highest BCUT2D eigenvalue weighted by atomic mass is 19.4. The first kappa shape index (κ1) is 15.4. The van der Waals surface area contributed by atoms with Crippen LogP contribution in [0.3, 0.4) is 0 Å². The minimum atomic E-state index is -4.61. The standard InChI is InChI=1S/C12H15F3N2O2/c1-7(19)17-8-4-9(12(13,14)15)10(16-5-8)11(2,3)6-18/h4-5,18H,6H2,1-3H3,(H,17,19). The quantitative estimate of drug-likeness (QED) is 0.890. The fraction of sp³-hybridized carbons (Fsp3) is 0.500. The van der Waals surface area contributed by atoms with Crippen molar-refractivity contribution in [1.82, 2.24) is 4.98 Å². The van der Waals surface area contributed by atoms with Crippen LogP contribution in [0.25, 0.3) is 0 Å². The molecule has 0 fully saturated rings. The third kappa shape index (κ3) is 3.66. The fourth-order valence-electron chi connectivity index (χ4n) is 1.57. The van der Waals surface area contributed by atoms with E-state index in [-0.39, 0.29) is 11.4 Å². The number of carbonyl (C=O) groups is 1. The number of hydrogen-bond acceptors (Lipinski definition) is 3. The Kier molecular flexibility index (Phi) is 4.19. The van der Waals surface area contributed by atoms with Gasteiger partial charge in [0, 0.05) is 12.3 Å². The smallest absolute Gasteiger partial charge is 0.395 e. The van der Waals surface area contributed by atoms with Crippen LogP contribution in [-0.4, -0.2) is 22.6 Å². The predicted octanol–water partition coefficient (Wildman–Crippen LogP) is 2.33. The summed E-state index contributed by atoms with van der Waals surface area (Å²) < 4.78 is 39.0. The Bertz CT molecular complexity index is 484. The highest BCUT2D eigenvalue weighted by molar-refractivity contribution is 5.88. The van der Waals surface area contributed by atoms with Crippen LogP contribution in [-0.2, 0) is 16.4 Å². The van der Waals surface area contributed by atoms with Gasteiger partial charge in [-0.2, -0.15) is 13.2 Å². The van der Waals surface area contributed by atoms with E-state index in [1.54, 1.807) is 0 Å². The molecular formula is C12H15F3N2O2. The van der Waals surface area contributed by atoms with Gasteiger partial charge in [-0.25, -0.2) is 0 Å². The second-order valence-corrected chi connectivity index (χ2v) is 4.84. The molecule has 0 bridgehead atoms. The Morgan fingerprint density at radius 3 is 2.42 bits per heavy atom. The second kappa shape index (κ2) is 5.16. The maximum absolute atomic E-state index is 13.0. The molecule has 0 saturated heterocycles. The lowest BCUT2D eigenvalue weighted by Crippen LogP contribution is -2.28. The molecule has 106 valence electrons. The summed E-state index contributed by atoms with van der Waals surface area (Å²) in [4.78, 5) is 14.6. The van der Waals surface area contributed by atoms with E-state index in [1.807, 2.05) is 0 Å². The van der Waals surface area contributed by atoms with Gasteiger partial charge >= 0.3 is 6.18 Å². The number of pyridine rings is 1. The van der Waals surface area contributed by atoms with Gasteiger partial charge in [-0.15, -0.1) is 0 Å². The number of carbonyl (C=O) groups excluding carboxylic acids is 1. The van der Waals surface area contributed by atoms with Crippen molar-refractivity contribution in [3.8, 4) is 0 Å². The Labute approximate surface area is 108 Å². The van der Waals surface area contributed by atoms with Gasteiger partial charge in [0.25, 0.3) is 0 Å². The molecule has 0 spiro atoms. The number of aromatic nitrogens is 1. The van der Waals surface area contributed by atoms with Gasteiger partial charge in [0.2, 0.25) is 5.91 Å². The summed E-state index contributed by atoms with van der Waals surface area (Å²) in [6.07, 6.45) is -3.47. The van der Waals surface area contributed by atoms with Crippen LogP contribution in [0.15, 0.2) is 12.3 Å². The van der Waals surface area contributed by atoms with E-state index < -0.39 is 29.7 Å². The van der Waals surface area contributed by atoms with E-state index in [1.165, 1.54) is 20.8 Å². The Morgan fingerprint density at radius 2 is 2.00 bits per heavy atom. The van der Waals surface area contributed by atoms with Crippen molar-refractivity contribution in [2.24, 2.45) is 0 Å². The lowest BCUT2D eigenvalue weighted by molar-refractivity contribution is -0.139. The zero-order chi connectivity index (χ0) is 14.8. The number of aliphatic hydroxyl groups is 1. The van der Waals surface area contributed by atoms with Crippen LogP contribution in [0.2, 0.25) is 0 Å². The highest BCUT2D eigenvalue weighted by Gasteiger charge is 2.39. The van der Waals surface area contributed by atoms with E-state index in [9.17, 15) is 23.1 Å². The SMILES string of the molecule is CC(=O)Nc1cnc(C(C)(C)CO)c(C(F)(F)F)c1. The molecule has 1 rings (SSSR count). The number of alkyl halides is 3. The van der Waals surface area contributed by atoms with E-state index in [2.05, 4.69) is 10.3 Å². The van der Waals surface area contributed by atoms with Gasteiger partial charge < -0.3 is 10.4 Å². The molecule has 0 radical (unpaired) electrons. The second-order valence-electron chi connectivity index (χ2n) is 4.84. The first-order valence-corrected chi connectivity index (χ1v) is 5.54. The summed E-state index contributed by atoms with van der Waals surface area (Å²) >= 11 is 0. The molecule has 1 heterocycles. The molecule has 1 aromatic heterocycles. The predicted molar refractivity (Wildman–Crippen MR) is 63.7 cm³/mol. The molecule has 0 aliphatic rings. The summed E-state index contributed by atoms with van der Waals surface area (Å²) in [6, 6.07) is 0.821. The third-order valence-electron chi connectivity index (χ3n) is 2.55. The number of amides is 1. The number of halogens is 3. The first-order chi connectivity index (χ1) is 8.58. The zero-order valence-electron chi connectivity index (χ0n) is 10.8. The number of rotatable bonds is 3. The Balaban J connectivity index is 3.37. The van der Waals surface area contributed by atoms with Crippen molar-refractivity contribution in [2.75, 3.05) is 11.9 Å². The van der Waals surface area contributed by atoms with Crippen molar-refractivity contribution < 1.29 is 23.1 Å². The number of hydrogen-bond donors (Lipinski definition) is 2. The van der Waals surface area contributed by atoms with Crippen molar-refractivity contribution in [1.29, 1.82) is 0 Å². The third-order valence-corrected chi connectivity index (χ3v) is 2.55. The summed E-state index contributed by atoms with van der Waals surface area (Å²) in [5.74, 6) is -0.482. The molecule has 0 atom stereocenters. The van der Waals surface area contributed by atoms with Gasteiger partial charge in [-0.3, -0.25) is 9.78 Å². The zero-order valence-corrected chi connectivity index (χ0v) is 10.8. The van der Waals surface area contributed by atoms with Crippen molar-refractivity contribution in [3.63, 3.8) is 0 Å². The van der Waals surface area contributed by atoms with Crippen LogP contribution in [0.4, 0.5) is 18.9 Å². The monoisotopic (exact) mass is 276 g/mol. The number of nitrogens with zero attached hydrogens (tertiary/aromatic N) is 1. The molecule has 4 nitrogen and oxygen atoms in total. The van der Waals surface area contributed by atoms with Gasteiger partial charge in [0.1, 0.15) is 0 Å². The maximum atomic E-state index is 13.0. The van der Waals surface area contributed by atoms with Gasteiger partial charge in [0.05, 0.1) is 29.7 Å². The van der Waals surface area contributed by atoms with Crippen LogP contribution < -0.4 is 5.32 Å². The van der Waals surface area contributed by atoms with E-state index in [0.29, 0.717) is 0 Å². The number of nitrogens with one attached hydrogen (secondary N) is 1. The van der Waals surface area contributed by atoms with E-state index in [4.69, 9.17) is 0 Å². The van der Waals surface area contributed by atoms with Gasteiger partial charge in [0.15, 0.2) is 0 Å². The molecule has 1 aromatic rings. The van der Waals surface area contributed by atoms with E-state index >= 15 is 0 Å². The van der Waals surface area contributed by atoms with Crippen LogP contribution in [0, 0.1) is 0 Å². The molecule has 0 unspecified atom stereocenters. The summed E-state index contributed by atoms with van der Waals surface area (Å²) in [7, 11) is 0. The minimum Gasteiger partial charge on any atom is -0.395 e. The van der Waals surface area contributed by atoms with Crippen molar-refractivity contribution in [3.05, 3.63) is 23.5 Å².